The molecule has 1 unspecified atom stereocenters. The van der Waals surface area contributed by atoms with Gasteiger partial charge in [0.05, 0.1) is 10.4 Å². The Morgan fingerprint density at radius 3 is 2.44 bits per heavy atom. The highest BCUT2D eigenvalue weighted by molar-refractivity contribution is 7.89. The Balaban J connectivity index is 1.85. The highest BCUT2D eigenvalue weighted by Crippen LogP contribution is 2.19. The van der Waals surface area contributed by atoms with Gasteiger partial charge in [-0.3, -0.25) is 9.36 Å². The van der Waals surface area contributed by atoms with Gasteiger partial charge < -0.3 is 9.73 Å². The molecule has 130 valence electrons. The van der Waals surface area contributed by atoms with Crippen molar-refractivity contribution in [1.29, 1.82) is 0 Å². The SMILES string of the molecule is CC(C(=O)Nc1ccc(S(N)(=O)=O)cc1)n1c(=O)oc2ccccc21. The molecule has 0 bridgehead atoms. The van der Waals surface area contributed by atoms with Crippen molar-refractivity contribution in [3.05, 3.63) is 59.1 Å². The number of nitrogens with two attached hydrogens (primary N) is 1. The standard InChI is InChI=1S/C16H15N3O5S/c1-10(19-13-4-2-3-5-14(13)24-16(19)21)15(20)18-11-6-8-12(9-7-11)25(17,22)23/h2-10H,1H3,(H,18,20)(H2,17,22,23). The average Bonchev–Trinajstić information content (AvgIpc) is 2.89. The summed E-state index contributed by atoms with van der Waals surface area (Å²) in [6.07, 6.45) is 0. The highest BCUT2D eigenvalue weighted by atomic mass is 32.2. The lowest BCUT2D eigenvalue weighted by Crippen LogP contribution is -2.29. The Kier molecular flexibility index (Phi) is 4.19. The molecule has 8 nitrogen and oxygen atoms in total. The van der Waals surface area contributed by atoms with Crippen molar-refractivity contribution >= 4 is 32.7 Å². The minimum Gasteiger partial charge on any atom is -0.408 e. The van der Waals surface area contributed by atoms with Crippen molar-refractivity contribution in [1.82, 2.24) is 4.57 Å². The van der Waals surface area contributed by atoms with Gasteiger partial charge in [-0.25, -0.2) is 18.4 Å². The molecule has 1 heterocycles. The van der Waals surface area contributed by atoms with Crippen molar-refractivity contribution in [2.45, 2.75) is 17.9 Å². The van der Waals surface area contributed by atoms with E-state index in [1.165, 1.54) is 28.8 Å². The van der Waals surface area contributed by atoms with E-state index < -0.39 is 27.7 Å². The zero-order valence-electron chi connectivity index (χ0n) is 13.2. The number of primary sulfonamides is 1. The molecule has 0 fully saturated rings. The summed E-state index contributed by atoms with van der Waals surface area (Å²) in [5.74, 6) is -1.08. The third-order valence-electron chi connectivity index (χ3n) is 3.74. The molecule has 1 atom stereocenters. The van der Waals surface area contributed by atoms with E-state index in [1.807, 2.05) is 0 Å². The van der Waals surface area contributed by atoms with Gasteiger partial charge in [-0.05, 0) is 43.3 Å². The number of carbonyl (C=O) groups is 1. The summed E-state index contributed by atoms with van der Waals surface area (Å²) in [4.78, 5) is 24.4. The van der Waals surface area contributed by atoms with E-state index in [1.54, 1.807) is 31.2 Å². The van der Waals surface area contributed by atoms with Crippen molar-refractivity contribution in [2.75, 3.05) is 5.32 Å². The topological polar surface area (TPSA) is 124 Å². The summed E-state index contributed by atoms with van der Waals surface area (Å²) < 4.78 is 28.8. The number of hydrogen-bond donors (Lipinski definition) is 2. The Hall–Kier alpha value is -2.91. The second-order valence-corrected chi connectivity index (χ2v) is 7.00. The van der Waals surface area contributed by atoms with E-state index in [4.69, 9.17) is 9.56 Å². The van der Waals surface area contributed by atoms with Crippen LogP contribution in [0, 0.1) is 0 Å². The summed E-state index contributed by atoms with van der Waals surface area (Å²) in [5.41, 5.74) is 1.29. The number of rotatable bonds is 4. The molecule has 9 heteroatoms. The lowest BCUT2D eigenvalue weighted by molar-refractivity contribution is -0.118. The van der Waals surface area contributed by atoms with Crippen molar-refractivity contribution in [2.24, 2.45) is 5.14 Å². The van der Waals surface area contributed by atoms with Crippen LogP contribution in [0.15, 0.2) is 62.6 Å². The molecule has 3 aromatic rings. The third-order valence-corrected chi connectivity index (χ3v) is 4.67. The molecule has 3 rings (SSSR count). The summed E-state index contributed by atoms with van der Waals surface area (Å²) in [7, 11) is -3.80. The largest absolute Gasteiger partial charge is 0.420 e. The van der Waals surface area contributed by atoms with Gasteiger partial charge in [0.1, 0.15) is 6.04 Å². The first-order chi connectivity index (χ1) is 11.8. The normalized spacial score (nSPS) is 12.9. The number of para-hydroxylation sites is 2. The molecule has 1 aromatic heterocycles. The first-order valence-corrected chi connectivity index (χ1v) is 8.86. The van der Waals surface area contributed by atoms with Gasteiger partial charge in [0.25, 0.3) is 0 Å². The van der Waals surface area contributed by atoms with E-state index in [-0.39, 0.29) is 4.90 Å². The first kappa shape index (κ1) is 16.9. The molecule has 2 aromatic carbocycles. The number of anilines is 1. The lowest BCUT2D eigenvalue weighted by Gasteiger charge is -2.13. The Bertz CT molecular complexity index is 1100. The molecule has 1 amide bonds. The van der Waals surface area contributed by atoms with Gasteiger partial charge in [-0.15, -0.1) is 0 Å². The van der Waals surface area contributed by atoms with E-state index in [0.717, 1.165) is 0 Å². The lowest BCUT2D eigenvalue weighted by atomic mass is 10.2. The monoisotopic (exact) mass is 361 g/mol. The molecule has 0 radical (unpaired) electrons. The number of hydrogen-bond acceptors (Lipinski definition) is 5. The molecule has 0 saturated carbocycles. The smallest absolute Gasteiger partial charge is 0.408 e. The van der Waals surface area contributed by atoms with Crippen molar-refractivity contribution < 1.29 is 17.6 Å². The predicted octanol–water partition coefficient (Wildman–Crippen LogP) is 1.44. The minimum atomic E-state index is -3.80. The maximum absolute atomic E-state index is 12.4. The van der Waals surface area contributed by atoms with Gasteiger partial charge in [-0.1, -0.05) is 12.1 Å². The van der Waals surface area contributed by atoms with E-state index in [9.17, 15) is 18.0 Å². The Morgan fingerprint density at radius 1 is 1.16 bits per heavy atom. The molecule has 0 spiro atoms. The van der Waals surface area contributed by atoms with Crippen LogP contribution in [0.2, 0.25) is 0 Å². The van der Waals surface area contributed by atoms with Crippen LogP contribution >= 0.6 is 0 Å². The molecular weight excluding hydrogens is 346 g/mol. The van der Waals surface area contributed by atoms with Gasteiger partial charge in [-0.2, -0.15) is 0 Å². The van der Waals surface area contributed by atoms with Crippen LogP contribution in [-0.4, -0.2) is 18.9 Å². The third kappa shape index (κ3) is 3.32. The molecule has 3 N–H and O–H groups in total. The molecule has 0 aliphatic carbocycles. The highest BCUT2D eigenvalue weighted by Gasteiger charge is 2.21. The number of nitrogens with zero attached hydrogens (tertiary/aromatic N) is 1. The first-order valence-electron chi connectivity index (χ1n) is 7.31. The second kappa shape index (κ2) is 6.19. The van der Waals surface area contributed by atoms with Crippen LogP contribution in [0.4, 0.5) is 5.69 Å². The molecule has 0 saturated heterocycles. The fraction of sp³-hybridized carbons (Fsp3) is 0.125. The van der Waals surface area contributed by atoms with Crippen LogP contribution in [0.5, 0.6) is 0 Å². The number of aromatic nitrogens is 1. The van der Waals surface area contributed by atoms with Gasteiger partial charge in [0, 0.05) is 5.69 Å². The molecule has 25 heavy (non-hydrogen) atoms. The maximum atomic E-state index is 12.4. The van der Waals surface area contributed by atoms with Crippen LogP contribution in [0.1, 0.15) is 13.0 Å². The number of amides is 1. The van der Waals surface area contributed by atoms with Crippen molar-refractivity contribution in [3.8, 4) is 0 Å². The van der Waals surface area contributed by atoms with Crippen LogP contribution in [0.3, 0.4) is 0 Å². The predicted molar refractivity (Wildman–Crippen MR) is 91.6 cm³/mol. The van der Waals surface area contributed by atoms with E-state index >= 15 is 0 Å². The summed E-state index contributed by atoms with van der Waals surface area (Å²) >= 11 is 0. The van der Waals surface area contributed by atoms with Gasteiger partial charge in [0.2, 0.25) is 15.9 Å². The van der Waals surface area contributed by atoms with Gasteiger partial charge >= 0.3 is 5.76 Å². The summed E-state index contributed by atoms with van der Waals surface area (Å²) in [5, 5.41) is 7.65. The zero-order valence-corrected chi connectivity index (χ0v) is 14.0. The van der Waals surface area contributed by atoms with Crippen molar-refractivity contribution in [3.63, 3.8) is 0 Å². The maximum Gasteiger partial charge on any atom is 0.420 e. The Labute approximate surface area is 142 Å². The molecular formula is C16H15N3O5S. The van der Waals surface area contributed by atoms with Crippen LogP contribution in [-0.2, 0) is 14.8 Å². The van der Waals surface area contributed by atoms with Crippen LogP contribution < -0.4 is 16.2 Å². The fourth-order valence-corrected chi connectivity index (χ4v) is 2.96. The number of fused-ring (bicyclic) bond motifs is 1. The molecule has 0 aliphatic heterocycles. The number of oxazole rings is 1. The number of carbonyl (C=O) groups excluding carboxylic acids is 1. The second-order valence-electron chi connectivity index (χ2n) is 5.44. The zero-order chi connectivity index (χ0) is 18.2. The Morgan fingerprint density at radius 2 is 1.80 bits per heavy atom. The number of benzene rings is 2. The van der Waals surface area contributed by atoms with Crippen LogP contribution in [0.25, 0.3) is 11.1 Å². The van der Waals surface area contributed by atoms with E-state index in [0.29, 0.717) is 16.8 Å². The summed E-state index contributed by atoms with van der Waals surface area (Å²) in [6.45, 7) is 1.57. The van der Waals surface area contributed by atoms with Gasteiger partial charge in [0.15, 0.2) is 5.58 Å². The average molecular weight is 361 g/mol. The fourth-order valence-electron chi connectivity index (χ4n) is 2.44. The number of sulfonamides is 1. The summed E-state index contributed by atoms with van der Waals surface area (Å²) in [6, 6.07) is 11.4. The molecule has 0 aliphatic rings. The van der Waals surface area contributed by atoms with E-state index in [2.05, 4.69) is 5.32 Å². The number of nitrogens with one attached hydrogen (secondary N) is 1. The minimum absolute atomic E-state index is 0.0596. The quantitative estimate of drug-likeness (QED) is 0.727.